The van der Waals surface area contributed by atoms with E-state index in [0.717, 1.165) is 9.35 Å². The number of hydrazine groups is 1. The predicted octanol–water partition coefficient (Wildman–Crippen LogP) is 2.13. The first-order chi connectivity index (χ1) is 9.52. The lowest BCUT2D eigenvalue weighted by atomic mass is 10.3. The van der Waals surface area contributed by atoms with Crippen LogP contribution in [-0.4, -0.2) is 21.9 Å². The molecule has 10 heteroatoms. The second kappa shape index (κ2) is 6.11. The molecule has 0 aromatic carbocycles. The molecule has 2 aromatic heterocycles. The van der Waals surface area contributed by atoms with Crippen molar-refractivity contribution in [2.75, 3.05) is 17.4 Å². The van der Waals surface area contributed by atoms with Crippen molar-refractivity contribution >= 4 is 44.6 Å². The Balaban J connectivity index is 2.34. The van der Waals surface area contributed by atoms with Crippen LogP contribution in [0.15, 0.2) is 22.2 Å². The zero-order valence-corrected chi connectivity index (χ0v) is 12.8. The zero-order chi connectivity index (χ0) is 14.7. The molecule has 3 N–H and O–H groups in total. The van der Waals surface area contributed by atoms with Crippen molar-refractivity contribution in [1.29, 1.82) is 0 Å². The summed E-state index contributed by atoms with van der Waals surface area (Å²) in [7, 11) is 1.73. The Bertz CT molecular complexity index is 634. The van der Waals surface area contributed by atoms with Gasteiger partial charge in [-0.1, -0.05) is 0 Å². The Morgan fingerprint density at radius 2 is 2.35 bits per heavy atom. The highest BCUT2D eigenvalue weighted by Gasteiger charge is 2.25. The molecular formula is C10H11BrN6O2S. The van der Waals surface area contributed by atoms with Gasteiger partial charge in [0.05, 0.1) is 11.5 Å². The number of aromatic nitrogens is 2. The first-order valence-electron chi connectivity index (χ1n) is 5.43. The average molecular weight is 359 g/mol. The quantitative estimate of drug-likeness (QED) is 0.478. The molecule has 0 aliphatic carbocycles. The standard InChI is InChI=1S/C10H11BrN6O2S/c1-16(3-7-2-6(11)4-20-7)10-8(17(18)19)9(15-12)13-5-14-10/h2,4-5H,3,12H2,1H3,(H,13,14,15). The van der Waals surface area contributed by atoms with Gasteiger partial charge in [0.1, 0.15) is 6.33 Å². The van der Waals surface area contributed by atoms with E-state index in [1.807, 2.05) is 11.4 Å². The molecule has 20 heavy (non-hydrogen) atoms. The summed E-state index contributed by atoms with van der Waals surface area (Å²) in [5.41, 5.74) is 1.97. The molecule has 0 aliphatic rings. The van der Waals surface area contributed by atoms with Crippen LogP contribution >= 0.6 is 27.3 Å². The average Bonchev–Trinajstić information content (AvgIpc) is 2.82. The molecule has 0 unspecified atom stereocenters. The van der Waals surface area contributed by atoms with Crippen molar-refractivity contribution in [2.24, 2.45) is 5.84 Å². The van der Waals surface area contributed by atoms with Crippen molar-refractivity contribution < 1.29 is 4.92 Å². The second-order valence-electron chi connectivity index (χ2n) is 3.88. The highest BCUT2D eigenvalue weighted by molar-refractivity contribution is 9.10. The molecule has 8 nitrogen and oxygen atoms in total. The van der Waals surface area contributed by atoms with Crippen LogP contribution in [0.5, 0.6) is 0 Å². The fourth-order valence-electron chi connectivity index (χ4n) is 1.67. The maximum absolute atomic E-state index is 11.2. The van der Waals surface area contributed by atoms with E-state index in [9.17, 15) is 10.1 Å². The van der Waals surface area contributed by atoms with Crippen LogP contribution in [0, 0.1) is 10.1 Å². The predicted molar refractivity (Wildman–Crippen MR) is 80.6 cm³/mol. The molecule has 2 aromatic rings. The third kappa shape index (κ3) is 3.03. The third-order valence-electron chi connectivity index (χ3n) is 2.50. The number of thiophene rings is 1. The SMILES string of the molecule is CN(Cc1cc(Br)cs1)c1ncnc(NN)c1[N+](=O)[O-]. The van der Waals surface area contributed by atoms with E-state index in [4.69, 9.17) is 5.84 Å². The van der Waals surface area contributed by atoms with Gasteiger partial charge in [-0.3, -0.25) is 10.1 Å². The van der Waals surface area contributed by atoms with Gasteiger partial charge in [-0.05, 0) is 22.0 Å². The highest BCUT2D eigenvalue weighted by atomic mass is 79.9. The molecule has 0 saturated carbocycles. The molecule has 0 saturated heterocycles. The molecule has 2 heterocycles. The van der Waals surface area contributed by atoms with Crippen LogP contribution in [0.2, 0.25) is 0 Å². The minimum Gasteiger partial charge on any atom is -0.349 e. The zero-order valence-electron chi connectivity index (χ0n) is 10.4. The Morgan fingerprint density at radius 1 is 1.60 bits per heavy atom. The summed E-state index contributed by atoms with van der Waals surface area (Å²) in [6.07, 6.45) is 1.23. The van der Waals surface area contributed by atoms with Crippen LogP contribution in [0.1, 0.15) is 4.88 Å². The first kappa shape index (κ1) is 14.6. The van der Waals surface area contributed by atoms with Gasteiger partial charge in [0, 0.05) is 21.8 Å². The van der Waals surface area contributed by atoms with Crippen LogP contribution in [0.4, 0.5) is 17.3 Å². The van der Waals surface area contributed by atoms with Crippen molar-refractivity contribution in [1.82, 2.24) is 9.97 Å². The fraction of sp³-hybridized carbons (Fsp3) is 0.200. The van der Waals surface area contributed by atoms with E-state index in [1.54, 1.807) is 23.3 Å². The minimum absolute atomic E-state index is 0.0146. The van der Waals surface area contributed by atoms with Gasteiger partial charge in [0.15, 0.2) is 0 Å². The number of nitro groups is 1. The Kier molecular flexibility index (Phi) is 4.47. The van der Waals surface area contributed by atoms with Gasteiger partial charge in [0.2, 0.25) is 11.6 Å². The summed E-state index contributed by atoms with van der Waals surface area (Å²) < 4.78 is 0.979. The number of nitrogens with zero attached hydrogens (tertiary/aromatic N) is 4. The van der Waals surface area contributed by atoms with Crippen LogP contribution in [0.25, 0.3) is 0 Å². The van der Waals surface area contributed by atoms with Crippen molar-refractivity contribution in [3.8, 4) is 0 Å². The van der Waals surface area contributed by atoms with E-state index in [2.05, 4.69) is 31.3 Å². The fourth-order valence-corrected chi connectivity index (χ4v) is 3.17. The molecule has 0 spiro atoms. The van der Waals surface area contributed by atoms with Gasteiger partial charge in [-0.25, -0.2) is 15.8 Å². The summed E-state index contributed by atoms with van der Waals surface area (Å²) >= 11 is 4.92. The number of hydrogen-bond donors (Lipinski definition) is 2. The number of anilines is 2. The molecular weight excluding hydrogens is 348 g/mol. The number of nitrogens with two attached hydrogens (primary N) is 1. The highest BCUT2D eigenvalue weighted by Crippen LogP contribution is 2.32. The lowest BCUT2D eigenvalue weighted by Crippen LogP contribution is -2.20. The monoisotopic (exact) mass is 358 g/mol. The van der Waals surface area contributed by atoms with Crippen LogP contribution in [0.3, 0.4) is 0 Å². The number of nitrogens with one attached hydrogen (secondary N) is 1. The van der Waals surface area contributed by atoms with E-state index in [-0.39, 0.29) is 17.3 Å². The lowest BCUT2D eigenvalue weighted by molar-refractivity contribution is -0.383. The molecule has 0 bridgehead atoms. The Hall–Kier alpha value is -1.78. The van der Waals surface area contributed by atoms with Gasteiger partial charge in [0.25, 0.3) is 0 Å². The maximum atomic E-state index is 11.2. The summed E-state index contributed by atoms with van der Waals surface area (Å²) in [5.74, 6) is 5.44. The van der Waals surface area contributed by atoms with Gasteiger partial charge in [-0.15, -0.1) is 11.3 Å². The number of rotatable bonds is 5. The van der Waals surface area contributed by atoms with Gasteiger partial charge < -0.3 is 10.3 Å². The lowest BCUT2D eigenvalue weighted by Gasteiger charge is -2.17. The number of nitrogen functional groups attached to an aromatic ring is 1. The van der Waals surface area contributed by atoms with E-state index < -0.39 is 4.92 Å². The van der Waals surface area contributed by atoms with Gasteiger partial charge in [-0.2, -0.15) is 0 Å². The van der Waals surface area contributed by atoms with Crippen molar-refractivity contribution in [3.05, 3.63) is 37.2 Å². The topological polar surface area (TPSA) is 110 Å². The Morgan fingerprint density at radius 3 is 2.90 bits per heavy atom. The number of hydrogen-bond acceptors (Lipinski definition) is 8. The van der Waals surface area contributed by atoms with E-state index in [0.29, 0.717) is 6.54 Å². The summed E-state index contributed by atoms with van der Waals surface area (Å²) in [6.45, 7) is 0.498. The summed E-state index contributed by atoms with van der Waals surface area (Å²) in [6, 6.07) is 1.95. The third-order valence-corrected chi connectivity index (χ3v) is 4.18. The van der Waals surface area contributed by atoms with E-state index >= 15 is 0 Å². The summed E-state index contributed by atoms with van der Waals surface area (Å²) in [4.78, 5) is 21.1. The first-order valence-corrected chi connectivity index (χ1v) is 7.10. The van der Waals surface area contributed by atoms with E-state index in [1.165, 1.54) is 6.33 Å². The van der Waals surface area contributed by atoms with Crippen molar-refractivity contribution in [3.63, 3.8) is 0 Å². The molecule has 0 aliphatic heterocycles. The molecule has 106 valence electrons. The Labute approximate surface area is 126 Å². The molecule has 2 rings (SSSR count). The molecule has 0 atom stereocenters. The number of halogens is 1. The maximum Gasteiger partial charge on any atom is 0.354 e. The molecule has 0 fully saturated rings. The van der Waals surface area contributed by atoms with Gasteiger partial charge >= 0.3 is 5.69 Å². The normalized spacial score (nSPS) is 10.3. The molecule has 0 amide bonds. The minimum atomic E-state index is -0.550. The molecule has 0 radical (unpaired) electrons. The second-order valence-corrected chi connectivity index (χ2v) is 5.79. The largest absolute Gasteiger partial charge is 0.354 e. The van der Waals surface area contributed by atoms with Crippen molar-refractivity contribution in [2.45, 2.75) is 6.54 Å². The smallest absolute Gasteiger partial charge is 0.349 e. The van der Waals surface area contributed by atoms with Crippen LogP contribution < -0.4 is 16.2 Å². The summed E-state index contributed by atoms with van der Waals surface area (Å²) in [5, 5.41) is 13.1. The van der Waals surface area contributed by atoms with Crippen LogP contribution in [-0.2, 0) is 6.54 Å².